The van der Waals surface area contributed by atoms with Crippen molar-refractivity contribution >= 4 is 23.2 Å². The number of carbonyl (C=O) groups excluding carboxylic acids is 1. The zero-order chi connectivity index (χ0) is 21.4. The number of halogens is 4. The van der Waals surface area contributed by atoms with Gasteiger partial charge in [0.1, 0.15) is 5.75 Å². The van der Waals surface area contributed by atoms with Gasteiger partial charge < -0.3 is 9.84 Å². The van der Waals surface area contributed by atoms with Crippen molar-refractivity contribution in [2.24, 2.45) is 5.10 Å². The van der Waals surface area contributed by atoms with Crippen LogP contribution in [-0.4, -0.2) is 40.2 Å². The van der Waals surface area contributed by atoms with Crippen LogP contribution in [0.3, 0.4) is 0 Å². The summed E-state index contributed by atoms with van der Waals surface area (Å²) in [5, 5.41) is 14.6. The number of rotatable bonds is 4. The third-order valence-electron chi connectivity index (χ3n) is 4.55. The first-order valence-corrected chi connectivity index (χ1v) is 9.05. The zero-order valence-corrected chi connectivity index (χ0v) is 16.4. The van der Waals surface area contributed by atoms with E-state index in [1.165, 1.54) is 6.07 Å². The van der Waals surface area contributed by atoms with Crippen LogP contribution in [0, 0.1) is 13.8 Å². The molecule has 0 radical (unpaired) electrons. The predicted octanol–water partition coefficient (Wildman–Crippen LogP) is 4.22. The highest BCUT2D eigenvalue weighted by molar-refractivity contribution is 6.31. The molecule has 0 saturated carbocycles. The summed E-state index contributed by atoms with van der Waals surface area (Å²) in [5.74, 6) is -0.864. The van der Waals surface area contributed by atoms with Gasteiger partial charge in [-0.1, -0.05) is 41.4 Å². The topological polar surface area (TPSA) is 62.1 Å². The van der Waals surface area contributed by atoms with Crippen LogP contribution >= 0.6 is 11.6 Å². The van der Waals surface area contributed by atoms with E-state index in [4.69, 9.17) is 16.3 Å². The molecule has 9 heteroatoms. The van der Waals surface area contributed by atoms with Gasteiger partial charge in [0.25, 0.3) is 11.6 Å². The Balaban J connectivity index is 1.84. The molecule has 0 fully saturated rings. The SMILES string of the molecule is Cc1ccc(C2=NN(C(=O)COc3ccc(Cl)c(C)c3)[C@@](O)(C(F)(F)F)C2)cc1. The molecule has 1 amide bonds. The largest absolute Gasteiger partial charge is 0.484 e. The van der Waals surface area contributed by atoms with Gasteiger partial charge in [0.15, 0.2) is 6.61 Å². The van der Waals surface area contributed by atoms with Crippen molar-refractivity contribution in [1.29, 1.82) is 0 Å². The highest BCUT2D eigenvalue weighted by Gasteiger charge is 2.63. The summed E-state index contributed by atoms with van der Waals surface area (Å²) in [6.45, 7) is 2.82. The highest BCUT2D eigenvalue weighted by Crippen LogP contribution is 2.41. The third kappa shape index (κ3) is 4.23. The smallest absolute Gasteiger partial charge is 0.438 e. The molecule has 154 valence electrons. The van der Waals surface area contributed by atoms with Crippen molar-refractivity contribution in [1.82, 2.24) is 5.01 Å². The van der Waals surface area contributed by atoms with Crippen LogP contribution in [-0.2, 0) is 4.79 Å². The highest BCUT2D eigenvalue weighted by atomic mass is 35.5. The Labute approximate surface area is 170 Å². The lowest BCUT2D eigenvalue weighted by molar-refractivity contribution is -0.302. The van der Waals surface area contributed by atoms with E-state index in [2.05, 4.69) is 5.10 Å². The number of hydrazone groups is 1. The van der Waals surface area contributed by atoms with Gasteiger partial charge >= 0.3 is 6.18 Å². The summed E-state index contributed by atoms with van der Waals surface area (Å²) < 4.78 is 46.1. The van der Waals surface area contributed by atoms with Crippen LogP contribution in [0.25, 0.3) is 0 Å². The number of hydrogen-bond acceptors (Lipinski definition) is 4. The summed E-state index contributed by atoms with van der Waals surface area (Å²) in [4.78, 5) is 12.5. The van der Waals surface area contributed by atoms with E-state index in [-0.39, 0.29) is 16.5 Å². The number of ether oxygens (including phenoxy) is 1. The van der Waals surface area contributed by atoms with Gasteiger partial charge in [0.05, 0.1) is 12.1 Å². The van der Waals surface area contributed by atoms with E-state index >= 15 is 0 Å². The molecule has 2 aromatic carbocycles. The fourth-order valence-electron chi connectivity index (χ4n) is 2.85. The molecule has 0 spiro atoms. The maximum atomic E-state index is 13.6. The monoisotopic (exact) mass is 426 g/mol. The Hall–Kier alpha value is -2.58. The van der Waals surface area contributed by atoms with Crippen LogP contribution in [0.5, 0.6) is 5.75 Å². The van der Waals surface area contributed by atoms with Crippen LogP contribution < -0.4 is 4.74 Å². The molecular weight excluding hydrogens is 409 g/mol. The molecule has 0 aromatic heterocycles. The first kappa shape index (κ1) is 21.1. The number of carbonyl (C=O) groups is 1. The summed E-state index contributed by atoms with van der Waals surface area (Å²) in [7, 11) is 0. The molecule has 5 nitrogen and oxygen atoms in total. The molecule has 29 heavy (non-hydrogen) atoms. The lowest BCUT2D eigenvalue weighted by Crippen LogP contribution is -2.57. The average Bonchev–Trinajstić information content (AvgIpc) is 3.02. The van der Waals surface area contributed by atoms with E-state index in [1.807, 2.05) is 6.92 Å². The Morgan fingerprint density at radius 3 is 2.48 bits per heavy atom. The summed E-state index contributed by atoms with van der Waals surface area (Å²) in [6, 6.07) is 11.2. The van der Waals surface area contributed by atoms with Crippen LogP contribution in [0.15, 0.2) is 47.6 Å². The second kappa shape index (κ2) is 7.68. The minimum Gasteiger partial charge on any atom is -0.484 e. The number of amides is 1. The van der Waals surface area contributed by atoms with Crippen molar-refractivity contribution in [3.63, 3.8) is 0 Å². The van der Waals surface area contributed by atoms with Crippen LogP contribution in [0.4, 0.5) is 13.2 Å². The maximum Gasteiger partial charge on any atom is 0.438 e. The number of nitrogens with zero attached hydrogens (tertiary/aromatic N) is 2. The zero-order valence-electron chi connectivity index (χ0n) is 15.6. The lowest BCUT2D eigenvalue weighted by atomic mass is 10.00. The van der Waals surface area contributed by atoms with Crippen molar-refractivity contribution in [3.05, 3.63) is 64.2 Å². The van der Waals surface area contributed by atoms with Gasteiger partial charge in [-0.25, -0.2) is 0 Å². The quantitative estimate of drug-likeness (QED) is 0.796. The maximum absolute atomic E-state index is 13.6. The second-order valence-corrected chi connectivity index (χ2v) is 7.22. The Kier molecular flexibility index (Phi) is 5.60. The molecule has 1 atom stereocenters. The number of aliphatic hydroxyl groups is 1. The number of alkyl halides is 3. The van der Waals surface area contributed by atoms with Crippen molar-refractivity contribution < 1.29 is 27.8 Å². The summed E-state index contributed by atoms with van der Waals surface area (Å²) in [5.41, 5.74) is -1.49. The minimum atomic E-state index is -5.10. The first-order valence-electron chi connectivity index (χ1n) is 8.67. The van der Waals surface area contributed by atoms with Gasteiger partial charge in [-0.3, -0.25) is 4.79 Å². The van der Waals surface area contributed by atoms with E-state index < -0.39 is 30.8 Å². The molecule has 1 aliphatic heterocycles. The summed E-state index contributed by atoms with van der Waals surface area (Å²) in [6.07, 6.45) is -5.97. The molecule has 1 aliphatic rings. The molecule has 3 rings (SSSR count). The van der Waals surface area contributed by atoms with E-state index in [0.29, 0.717) is 16.1 Å². The van der Waals surface area contributed by atoms with Crippen molar-refractivity contribution in [3.8, 4) is 5.75 Å². The van der Waals surface area contributed by atoms with Gasteiger partial charge in [-0.2, -0.15) is 23.3 Å². The fourth-order valence-corrected chi connectivity index (χ4v) is 2.97. The van der Waals surface area contributed by atoms with E-state index in [9.17, 15) is 23.1 Å². The fraction of sp³-hybridized carbons (Fsp3) is 0.300. The molecule has 0 saturated heterocycles. The van der Waals surface area contributed by atoms with E-state index in [0.717, 1.165) is 5.56 Å². The number of aryl methyl sites for hydroxylation is 2. The second-order valence-electron chi connectivity index (χ2n) is 6.81. The summed E-state index contributed by atoms with van der Waals surface area (Å²) >= 11 is 5.91. The average molecular weight is 427 g/mol. The van der Waals surface area contributed by atoms with Crippen LogP contribution in [0.2, 0.25) is 5.02 Å². The first-order chi connectivity index (χ1) is 13.5. The Bertz CT molecular complexity index is 960. The molecule has 0 unspecified atom stereocenters. The van der Waals surface area contributed by atoms with E-state index in [1.54, 1.807) is 43.3 Å². The third-order valence-corrected chi connectivity index (χ3v) is 4.98. The van der Waals surface area contributed by atoms with Crippen molar-refractivity contribution in [2.45, 2.75) is 32.2 Å². The number of hydrogen-bond donors (Lipinski definition) is 1. The van der Waals surface area contributed by atoms with Crippen LogP contribution in [0.1, 0.15) is 23.1 Å². The standard InChI is InChI=1S/C20H18ClF3N2O3/c1-12-3-5-14(6-4-12)17-10-19(28,20(22,23)24)26(25-17)18(27)11-29-15-7-8-16(21)13(2)9-15/h3-9,28H,10-11H2,1-2H3/t19-/m0/s1. The molecule has 0 aliphatic carbocycles. The number of benzene rings is 2. The van der Waals surface area contributed by atoms with Gasteiger partial charge in [-0.05, 0) is 43.2 Å². The Morgan fingerprint density at radius 2 is 1.90 bits per heavy atom. The van der Waals surface area contributed by atoms with Gasteiger partial charge in [-0.15, -0.1) is 0 Å². The Morgan fingerprint density at radius 1 is 1.24 bits per heavy atom. The molecule has 1 N–H and O–H groups in total. The molecule has 2 aromatic rings. The normalized spacial score (nSPS) is 19.3. The van der Waals surface area contributed by atoms with Gasteiger partial charge in [0.2, 0.25) is 0 Å². The predicted molar refractivity (Wildman–Crippen MR) is 102 cm³/mol. The molecule has 0 bridgehead atoms. The minimum absolute atomic E-state index is 0.0412. The van der Waals surface area contributed by atoms with Gasteiger partial charge in [0, 0.05) is 5.02 Å². The molecular formula is C20H18ClF3N2O3. The lowest BCUT2D eigenvalue weighted by Gasteiger charge is -2.32. The van der Waals surface area contributed by atoms with Crippen molar-refractivity contribution in [2.75, 3.05) is 6.61 Å². The molecule has 1 heterocycles.